The van der Waals surface area contributed by atoms with Gasteiger partial charge in [0.05, 0.1) is 13.2 Å². The Hall–Kier alpha value is -2.04. The number of amides is 2. The van der Waals surface area contributed by atoms with E-state index in [9.17, 15) is 9.59 Å². The number of rotatable bonds is 4. The van der Waals surface area contributed by atoms with Gasteiger partial charge < -0.3 is 15.0 Å². The minimum absolute atomic E-state index is 0.0898. The maximum Gasteiger partial charge on any atom is 0.406 e. The minimum Gasteiger partial charge on any atom is -0.453 e. The highest BCUT2D eigenvalue weighted by Crippen LogP contribution is 2.33. The molecular weight excluding hydrogens is 292 g/mol. The van der Waals surface area contributed by atoms with Gasteiger partial charge in [-0.1, -0.05) is 18.2 Å². The van der Waals surface area contributed by atoms with Crippen molar-refractivity contribution in [1.82, 2.24) is 10.2 Å². The van der Waals surface area contributed by atoms with Crippen LogP contribution in [0, 0.1) is 13.8 Å². The molecule has 1 fully saturated rings. The van der Waals surface area contributed by atoms with Gasteiger partial charge in [-0.05, 0) is 49.8 Å². The summed E-state index contributed by atoms with van der Waals surface area (Å²) in [6.07, 6.45) is 2.99. The minimum atomic E-state index is -0.498. The van der Waals surface area contributed by atoms with E-state index in [4.69, 9.17) is 0 Å². The molecule has 5 heteroatoms. The molecule has 0 bridgehead atoms. The standard InChI is InChI=1S/C18H26N2O3/c1-13-7-6-8-15(14(13)2)16-9-4-5-12-20(16)17(21)10-11-19-18(22)23-3/h6-8,16H,4-5,9-12H2,1-3H3,(H,19,22). The lowest BCUT2D eigenvalue weighted by atomic mass is 9.90. The van der Waals surface area contributed by atoms with Crippen LogP contribution in [0.15, 0.2) is 18.2 Å². The molecule has 0 spiro atoms. The molecule has 1 N–H and O–H groups in total. The largest absolute Gasteiger partial charge is 0.453 e. The molecule has 1 aromatic rings. The summed E-state index contributed by atoms with van der Waals surface area (Å²) >= 11 is 0. The number of alkyl carbamates (subject to hydrolysis) is 1. The Morgan fingerprint density at radius 2 is 2.09 bits per heavy atom. The highest BCUT2D eigenvalue weighted by molar-refractivity contribution is 5.78. The summed E-state index contributed by atoms with van der Waals surface area (Å²) in [5, 5.41) is 2.57. The Balaban J connectivity index is 2.07. The number of likely N-dealkylation sites (tertiary alicyclic amines) is 1. The van der Waals surface area contributed by atoms with Gasteiger partial charge in [-0.3, -0.25) is 4.79 Å². The first kappa shape index (κ1) is 17.3. The molecule has 0 radical (unpaired) electrons. The lowest BCUT2D eigenvalue weighted by Gasteiger charge is -2.37. The zero-order valence-corrected chi connectivity index (χ0v) is 14.2. The number of nitrogens with zero attached hydrogens (tertiary/aromatic N) is 1. The van der Waals surface area contributed by atoms with E-state index in [2.05, 4.69) is 42.1 Å². The van der Waals surface area contributed by atoms with Gasteiger partial charge in [0.1, 0.15) is 0 Å². The van der Waals surface area contributed by atoms with Crippen LogP contribution in [-0.4, -0.2) is 37.1 Å². The quantitative estimate of drug-likeness (QED) is 0.928. The van der Waals surface area contributed by atoms with Crippen molar-refractivity contribution in [3.8, 4) is 0 Å². The van der Waals surface area contributed by atoms with Crippen LogP contribution in [0.2, 0.25) is 0 Å². The summed E-state index contributed by atoms with van der Waals surface area (Å²) in [5.41, 5.74) is 3.77. The molecule has 126 valence electrons. The monoisotopic (exact) mass is 318 g/mol. The third kappa shape index (κ3) is 4.24. The van der Waals surface area contributed by atoms with Crippen molar-refractivity contribution >= 4 is 12.0 Å². The van der Waals surface area contributed by atoms with Crippen LogP contribution in [0.1, 0.15) is 48.4 Å². The fourth-order valence-corrected chi connectivity index (χ4v) is 3.18. The molecule has 23 heavy (non-hydrogen) atoms. The van der Waals surface area contributed by atoms with Gasteiger partial charge in [0.25, 0.3) is 0 Å². The number of hydrogen-bond donors (Lipinski definition) is 1. The maximum atomic E-state index is 12.6. The molecule has 0 saturated carbocycles. The molecule has 1 aliphatic heterocycles. The molecule has 1 aromatic carbocycles. The summed E-state index contributed by atoms with van der Waals surface area (Å²) < 4.78 is 4.52. The molecule has 0 aliphatic carbocycles. The van der Waals surface area contributed by atoms with Crippen molar-refractivity contribution in [2.24, 2.45) is 0 Å². The lowest BCUT2D eigenvalue weighted by molar-refractivity contribution is -0.134. The number of ether oxygens (including phenoxy) is 1. The normalized spacial score (nSPS) is 17.7. The van der Waals surface area contributed by atoms with E-state index in [0.717, 1.165) is 25.8 Å². The smallest absolute Gasteiger partial charge is 0.406 e. The van der Waals surface area contributed by atoms with Crippen molar-refractivity contribution in [2.75, 3.05) is 20.2 Å². The number of carbonyl (C=O) groups excluding carboxylic acids is 2. The predicted molar refractivity (Wildman–Crippen MR) is 89.2 cm³/mol. The Bertz CT molecular complexity index is 571. The van der Waals surface area contributed by atoms with Gasteiger partial charge in [-0.15, -0.1) is 0 Å². The summed E-state index contributed by atoms with van der Waals surface area (Å²) in [7, 11) is 1.32. The summed E-state index contributed by atoms with van der Waals surface area (Å²) in [5.74, 6) is 0.0898. The first-order chi connectivity index (χ1) is 11.0. The number of nitrogens with one attached hydrogen (secondary N) is 1. The second-order valence-electron chi connectivity index (χ2n) is 6.06. The third-order valence-electron chi connectivity index (χ3n) is 4.62. The zero-order chi connectivity index (χ0) is 16.8. The molecule has 0 aromatic heterocycles. The van der Waals surface area contributed by atoms with Crippen LogP contribution in [0.3, 0.4) is 0 Å². The summed E-state index contributed by atoms with van der Waals surface area (Å²) in [6, 6.07) is 6.45. The average Bonchev–Trinajstić information content (AvgIpc) is 2.57. The first-order valence-corrected chi connectivity index (χ1v) is 8.22. The van der Waals surface area contributed by atoms with Crippen molar-refractivity contribution in [3.05, 3.63) is 34.9 Å². The Morgan fingerprint density at radius 3 is 2.83 bits per heavy atom. The SMILES string of the molecule is COC(=O)NCCC(=O)N1CCCCC1c1cccc(C)c1C. The Morgan fingerprint density at radius 1 is 1.30 bits per heavy atom. The number of carbonyl (C=O) groups is 2. The van der Waals surface area contributed by atoms with Gasteiger partial charge in [0.2, 0.25) is 5.91 Å². The average molecular weight is 318 g/mol. The molecule has 2 rings (SSSR count). The highest BCUT2D eigenvalue weighted by Gasteiger charge is 2.28. The van der Waals surface area contributed by atoms with Crippen LogP contribution in [0.25, 0.3) is 0 Å². The van der Waals surface area contributed by atoms with Gasteiger partial charge in [-0.2, -0.15) is 0 Å². The summed E-state index contributed by atoms with van der Waals surface area (Å²) in [6.45, 7) is 5.32. The predicted octanol–water partition coefficient (Wildman–Crippen LogP) is 3.10. The molecule has 1 atom stereocenters. The number of benzene rings is 1. The van der Waals surface area contributed by atoms with E-state index in [1.165, 1.54) is 23.8 Å². The van der Waals surface area contributed by atoms with E-state index in [0.29, 0.717) is 13.0 Å². The maximum absolute atomic E-state index is 12.6. The molecular formula is C18H26N2O3. The Kier molecular flexibility index (Phi) is 6.02. The van der Waals surface area contributed by atoms with Gasteiger partial charge in [-0.25, -0.2) is 4.79 Å². The van der Waals surface area contributed by atoms with Gasteiger partial charge in [0, 0.05) is 19.5 Å². The van der Waals surface area contributed by atoms with Crippen molar-refractivity contribution < 1.29 is 14.3 Å². The van der Waals surface area contributed by atoms with Crippen LogP contribution in [-0.2, 0) is 9.53 Å². The van der Waals surface area contributed by atoms with E-state index >= 15 is 0 Å². The second-order valence-corrected chi connectivity index (χ2v) is 6.06. The fourth-order valence-electron chi connectivity index (χ4n) is 3.18. The molecule has 5 nitrogen and oxygen atoms in total. The molecule has 2 amide bonds. The summed E-state index contributed by atoms with van der Waals surface area (Å²) in [4.78, 5) is 25.6. The second kappa shape index (κ2) is 7.99. The molecule has 1 heterocycles. The topological polar surface area (TPSA) is 58.6 Å². The van der Waals surface area contributed by atoms with E-state index in [1.807, 2.05) is 4.90 Å². The molecule has 1 unspecified atom stereocenters. The van der Waals surface area contributed by atoms with Crippen molar-refractivity contribution in [3.63, 3.8) is 0 Å². The van der Waals surface area contributed by atoms with E-state index in [-0.39, 0.29) is 11.9 Å². The zero-order valence-electron chi connectivity index (χ0n) is 14.2. The number of aryl methyl sites for hydroxylation is 1. The number of piperidine rings is 1. The fraction of sp³-hybridized carbons (Fsp3) is 0.556. The van der Waals surface area contributed by atoms with Gasteiger partial charge >= 0.3 is 6.09 Å². The Labute approximate surface area is 138 Å². The number of methoxy groups -OCH3 is 1. The molecule has 1 saturated heterocycles. The van der Waals surface area contributed by atoms with Crippen molar-refractivity contribution in [2.45, 2.75) is 45.6 Å². The van der Waals surface area contributed by atoms with Crippen LogP contribution >= 0.6 is 0 Å². The van der Waals surface area contributed by atoms with Crippen LogP contribution in [0.5, 0.6) is 0 Å². The highest BCUT2D eigenvalue weighted by atomic mass is 16.5. The van der Waals surface area contributed by atoms with Crippen LogP contribution < -0.4 is 5.32 Å². The van der Waals surface area contributed by atoms with E-state index < -0.39 is 6.09 Å². The lowest BCUT2D eigenvalue weighted by Crippen LogP contribution is -2.40. The van der Waals surface area contributed by atoms with Gasteiger partial charge in [0.15, 0.2) is 0 Å². The van der Waals surface area contributed by atoms with E-state index in [1.54, 1.807) is 0 Å². The molecule has 1 aliphatic rings. The van der Waals surface area contributed by atoms with Crippen molar-refractivity contribution in [1.29, 1.82) is 0 Å². The third-order valence-corrected chi connectivity index (χ3v) is 4.62. The van der Waals surface area contributed by atoms with Crippen LogP contribution in [0.4, 0.5) is 4.79 Å². The first-order valence-electron chi connectivity index (χ1n) is 8.22. The number of hydrogen-bond acceptors (Lipinski definition) is 3.